The average molecular weight is 212 g/mol. The van der Waals surface area contributed by atoms with E-state index < -0.39 is 0 Å². The van der Waals surface area contributed by atoms with Crippen LogP contribution in [-0.4, -0.2) is 40.6 Å². The molecule has 3 heterocycles. The van der Waals surface area contributed by atoms with Crippen molar-refractivity contribution in [3.8, 4) is 0 Å². The molecule has 1 spiro atoms. The van der Waals surface area contributed by atoms with Crippen LogP contribution < -0.4 is 5.32 Å². The number of carbonyl (C=O) groups is 1. The van der Waals surface area contributed by atoms with Gasteiger partial charge >= 0.3 is 0 Å². The number of nitrogens with zero attached hydrogens (tertiary/aromatic N) is 1. The van der Waals surface area contributed by atoms with E-state index in [1.54, 1.807) is 0 Å². The summed E-state index contributed by atoms with van der Waals surface area (Å²) in [5, 5.41) is 3.56. The number of hydrogen-bond acceptors (Lipinski definition) is 3. The van der Waals surface area contributed by atoms with Crippen molar-refractivity contribution >= 4 is 17.7 Å². The van der Waals surface area contributed by atoms with Crippen LogP contribution in [0.15, 0.2) is 0 Å². The Bertz CT molecular complexity index is 263. The maximum absolute atomic E-state index is 11.8. The van der Waals surface area contributed by atoms with Crippen molar-refractivity contribution in [2.24, 2.45) is 0 Å². The third-order valence-corrected chi connectivity index (χ3v) is 5.15. The summed E-state index contributed by atoms with van der Waals surface area (Å²) in [4.78, 5) is 14.1. The molecular formula is C10H16N2OS. The number of hydrogen-bond donors (Lipinski definition) is 1. The van der Waals surface area contributed by atoms with Crippen molar-refractivity contribution in [2.45, 2.75) is 36.6 Å². The molecule has 0 aliphatic carbocycles. The van der Waals surface area contributed by atoms with Gasteiger partial charge in [0.1, 0.15) is 0 Å². The summed E-state index contributed by atoms with van der Waals surface area (Å²) < 4.78 is 0. The van der Waals surface area contributed by atoms with E-state index in [9.17, 15) is 4.79 Å². The second kappa shape index (κ2) is 3.14. The van der Waals surface area contributed by atoms with Gasteiger partial charge < -0.3 is 4.90 Å². The zero-order valence-corrected chi connectivity index (χ0v) is 9.11. The molecule has 0 radical (unpaired) electrons. The number of piperidine rings is 1. The van der Waals surface area contributed by atoms with E-state index in [1.165, 1.54) is 19.3 Å². The summed E-state index contributed by atoms with van der Waals surface area (Å²) in [5.41, 5.74) is 0. The molecule has 3 rings (SSSR count). The first-order chi connectivity index (χ1) is 6.82. The third-order valence-electron chi connectivity index (χ3n) is 3.66. The Morgan fingerprint density at radius 2 is 2.43 bits per heavy atom. The highest BCUT2D eigenvalue weighted by Gasteiger charge is 2.53. The average Bonchev–Trinajstić information content (AvgIpc) is 2.77. The molecule has 1 N–H and O–H groups in total. The molecule has 14 heavy (non-hydrogen) atoms. The fourth-order valence-electron chi connectivity index (χ4n) is 3.03. The van der Waals surface area contributed by atoms with Crippen LogP contribution in [0.25, 0.3) is 0 Å². The summed E-state index contributed by atoms with van der Waals surface area (Å²) in [6.45, 7) is 2.07. The second-order valence-electron chi connectivity index (χ2n) is 4.44. The summed E-state index contributed by atoms with van der Waals surface area (Å²) >= 11 is 1.97. The highest BCUT2D eigenvalue weighted by Crippen LogP contribution is 2.45. The first kappa shape index (κ1) is 9.04. The third kappa shape index (κ3) is 1.13. The van der Waals surface area contributed by atoms with Gasteiger partial charge in [0.15, 0.2) is 0 Å². The Balaban J connectivity index is 1.90. The lowest BCUT2D eigenvalue weighted by Gasteiger charge is -2.37. The van der Waals surface area contributed by atoms with Crippen LogP contribution in [0.4, 0.5) is 0 Å². The van der Waals surface area contributed by atoms with Crippen LogP contribution in [0.5, 0.6) is 0 Å². The molecule has 0 bridgehead atoms. The minimum Gasteiger partial charge on any atom is -0.337 e. The Kier molecular flexibility index (Phi) is 2.02. The SMILES string of the molecule is O=C1CC2(NCCS2)C2CCCCN12. The lowest BCUT2D eigenvalue weighted by atomic mass is 9.98. The van der Waals surface area contributed by atoms with Crippen molar-refractivity contribution in [3.05, 3.63) is 0 Å². The fourth-order valence-corrected chi connectivity index (χ4v) is 4.47. The van der Waals surface area contributed by atoms with Crippen LogP contribution in [0.1, 0.15) is 25.7 Å². The monoisotopic (exact) mass is 212 g/mol. The quantitative estimate of drug-likeness (QED) is 0.645. The zero-order chi connectivity index (χ0) is 9.60. The summed E-state index contributed by atoms with van der Waals surface area (Å²) in [7, 11) is 0. The van der Waals surface area contributed by atoms with Gasteiger partial charge in [0.25, 0.3) is 0 Å². The molecule has 78 valence electrons. The molecule has 2 atom stereocenters. The summed E-state index contributed by atoms with van der Waals surface area (Å²) in [6, 6.07) is 0.483. The first-order valence-electron chi connectivity index (χ1n) is 5.50. The van der Waals surface area contributed by atoms with E-state index in [2.05, 4.69) is 10.2 Å². The van der Waals surface area contributed by atoms with Crippen LogP contribution in [-0.2, 0) is 4.79 Å². The molecule has 3 saturated heterocycles. The van der Waals surface area contributed by atoms with Crippen molar-refractivity contribution in [2.75, 3.05) is 18.8 Å². The fraction of sp³-hybridized carbons (Fsp3) is 0.900. The molecule has 3 aliphatic heterocycles. The van der Waals surface area contributed by atoms with Crippen LogP contribution >= 0.6 is 11.8 Å². The molecule has 3 fully saturated rings. The van der Waals surface area contributed by atoms with E-state index in [4.69, 9.17) is 0 Å². The normalized spacial score (nSPS) is 42.1. The van der Waals surface area contributed by atoms with Gasteiger partial charge in [-0.3, -0.25) is 10.1 Å². The van der Waals surface area contributed by atoms with Gasteiger partial charge in [0.2, 0.25) is 5.91 Å². The molecule has 0 saturated carbocycles. The van der Waals surface area contributed by atoms with E-state index in [1.807, 2.05) is 11.8 Å². The lowest BCUT2D eigenvalue weighted by molar-refractivity contribution is -0.129. The highest BCUT2D eigenvalue weighted by molar-refractivity contribution is 8.01. The van der Waals surface area contributed by atoms with Crippen molar-refractivity contribution < 1.29 is 4.79 Å². The predicted molar refractivity (Wildman–Crippen MR) is 57.2 cm³/mol. The molecule has 0 aromatic heterocycles. The summed E-state index contributed by atoms with van der Waals surface area (Å²) in [6.07, 6.45) is 4.41. The number of carbonyl (C=O) groups excluding carboxylic acids is 1. The molecule has 3 aliphatic rings. The number of amides is 1. The molecule has 1 amide bonds. The van der Waals surface area contributed by atoms with Gasteiger partial charge in [0, 0.05) is 18.8 Å². The van der Waals surface area contributed by atoms with E-state index in [0.717, 1.165) is 25.3 Å². The van der Waals surface area contributed by atoms with Crippen LogP contribution in [0.3, 0.4) is 0 Å². The Hall–Kier alpha value is -0.220. The number of nitrogens with one attached hydrogen (secondary N) is 1. The van der Waals surface area contributed by atoms with Gasteiger partial charge in [-0.15, -0.1) is 11.8 Å². The molecule has 0 aromatic rings. The van der Waals surface area contributed by atoms with Crippen molar-refractivity contribution in [1.82, 2.24) is 10.2 Å². The number of rotatable bonds is 0. The van der Waals surface area contributed by atoms with Gasteiger partial charge in [-0.05, 0) is 19.3 Å². The summed E-state index contributed by atoms with van der Waals surface area (Å²) in [5.74, 6) is 1.54. The standard InChI is InChI=1S/C10H16N2OS/c13-9-7-10(11-4-6-14-10)8-3-1-2-5-12(8)9/h8,11H,1-7H2. The predicted octanol–water partition coefficient (Wildman–Crippen LogP) is 0.804. The number of fused-ring (bicyclic) bond motifs is 2. The number of thioether (sulfide) groups is 1. The van der Waals surface area contributed by atoms with Gasteiger partial charge in [-0.25, -0.2) is 0 Å². The smallest absolute Gasteiger partial charge is 0.225 e. The Labute approximate surface area is 88.6 Å². The Morgan fingerprint density at radius 3 is 3.21 bits per heavy atom. The van der Waals surface area contributed by atoms with Crippen LogP contribution in [0, 0.1) is 0 Å². The maximum Gasteiger partial charge on any atom is 0.225 e. The van der Waals surface area contributed by atoms with E-state index in [0.29, 0.717) is 11.9 Å². The van der Waals surface area contributed by atoms with E-state index in [-0.39, 0.29) is 4.87 Å². The van der Waals surface area contributed by atoms with Crippen LogP contribution in [0.2, 0.25) is 0 Å². The molecule has 4 heteroatoms. The van der Waals surface area contributed by atoms with Gasteiger partial charge in [-0.1, -0.05) is 0 Å². The largest absolute Gasteiger partial charge is 0.337 e. The highest BCUT2D eigenvalue weighted by atomic mass is 32.2. The topological polar surface area (TPSA) is 32.3 Å². The van der Waals surface area contributed by atoms with Gasteiger partial charge in [0.05, 0.1) is 17.3 Å². The maximum atomic E-state index is 11.8. The molecule has 0 aromatic carbocycles. The molecular weight excluding hydrogens is 196 g/mol. The minimum absolute atomic E-state index is 0.0947. The van der Waals surface area contributed by atoms with Gasteiger partial charge in [-0.2, -0.15) is 0 Å². The molecule has 3 nitrogen and oxygen atoms in total. The van der Waals surface area contributed by atoms with E-state index >= 15 is 0 Å². The zero-order valence-electron chi connectivity index (χ0n) is 8.29. The van der Waals surface area contributed by atoms with Crippen molar-refractivity contribution in [1.29, 1.82) is 0 Å². The first-order valence-corrected chi connectivity index (χ1v) is 6.49. The second-order valence-corrected chi connectivity index (χ2v) is 5.87. The van der Waals surface area contributed by atoms with Crippen molar-refractivity contribution in [3.63, 3.8) is 0 Å². The Morgan fingerprint density at radius 1 is 1.50 bits per heavy atom. The minimum atomic E-state index is 0.0947. The molecule has 2 unspecified atom stereocenters. The lowest BCUT2D eigenvalue weighted by Crippen LogP contribution is -2.51.